The Bertz CT molecular complexity index is 772. The summed E-state index contributed by atoms with van der Waals surface area (Å²) in [5.41, 5.74) is 1.53. The highest BCUT2D eigenvalue weighted by Crippen LogP contribution is 2.21. The molecule has 0 fully saturated rings. The summed E-state index contributed by atoms with van der Waals surface area (Å²) >= 11 is 1.43. The van der Waals surface area contributed by atoms with Crippen LogP contribution >= 0.6 is 11.8 Å². The Morgan fingerprint density at radius 2 is 1.95 bits per heavy atom. The molecule has 0 aliphatic heterocycles. The second-order valence-electron chi connectivity index (χ2n) is 3.96. The van der Waals surface area contributed by atoms with Gasteiger partial charge in [-0.2, -0.15) is 0 Å². The van der Waals surface area contributed by atoms with Crippen LogP contribution in [0.15, 0.2) is 45.1 Å². The van der Waals surface area contributed by atoms with Gasteiger partial charge in [0.1, 0.15) is 0 Å². The van der Waals surface area contributed by atoms with E-state index in [0.717, 1.165) is 16.2 Å². The fourth-order valence-corrected chi connectivity index (χ4v) is 2.53. The Balaban J connectivity index is 1.82. The standard InChI is InChI=1S/C12H10N4O2S/c17-10-5-7(13-11(18)16-10)6-19-12-14-8-3-1-2-4-9(8)15-12/h1-5H,6H2,(H,14,15)(H2,13,16,17,18). The van der Waals surface area contributed by atoms with E-state index in [0.29, 0.717) is 11.4 Å². The molecule has 3 N–H and O–H groups in total. The molecule has 0 saturated carbocycles. The summed E-state index contributed by atoms with van der Waals surface area (Å²) < 4.78 is 0. The minimum absolute atomic E-state index is 0.399. The predicted molar refractivity (Wildman–Crippen MR) is 73.3 cm³/mol. The van der Waals surface area contributed by atoms with Crippen LogP contribution in [-0.2, 0) is 5.75 Å². The fraction of sp³-hybridized carbons (Fsp3) is 0.0833. The van der Waals surface area contributed by atoms with Crippen molar-refractivity contribution in [2.45, 2.75) is 10.9 Å². The van der Waals surface area contributed by atoms with Crippen LogP contribution in [0.3, 0.4) is 0 Å². The van der Waals surface area contributed by atoms with Crippen LogP contribution in [0.1, 0.15) is 5.69 Å². The van der Waals surface area contributed by atoms with E-state index in [-0.39, 0.29) is 0 Å². The zero-order chi connectivity index (χ0) is 13.2. The predicted octanol–water partition coefficient (Wildman–Crippen LogP) is 1.23. The van der Waals surface area contributed by atoms with Crippen molar-refractivity contribution in [2.75, 3.05) is 0 Å². The molecule has 0 spiro atoms. The lowest BCUT2D eigenvalue weighted by molar-refractivity contribution is 0.982. The number of fused-ring (bicyclic) bond motifs is 1. The molecular weight excluding hydrogens is 264 g/mol. The van der Waals surface area contributed by atoms with Crippen molar-refractivity contribution in [3.63, 3.8) is 0 Å². The average molecular weight is 274 g/mol. The van der Waals surface area contributed by atoms with Crippen LogP contribution in [0, 0.1) is 0 Å². The van der Waals surface area contributed by atoms with Gasteiger partial charge in [0, 0.05) is 17.5 Å². The molecule has 3 aromatic rings. The molecule has 0 bridgehead atoms. The van der Waals surface area contributed by atoms with Gasteiger partial charge in [-0.15, -0.1) is 0 Å². The van der Waals surface area contributed by atoms with Gasteiger partial charge in [0.25, 0.3) is 5.56 Å². The molecule has 3 rings (SSSR count). The van der Waals surface area contributed by atoms with Crippen molar-refractivity contribution in [3.05, 3.63) is 56.9 Å². The van der Waals surface area contributed by atoms with Gasteiger partial charge in [-0.3, -0.25) is 9.78 Å². The molecule has 6 nitrogen and oxygen atoms in total. The van der Waals surface area contributed by atoms with Crippen LogP contribution < -0.4 is 11.2 Å². The van der Waals surface area contributed by atoms with E-state index in [9.17, 15) is 9.59 Å². The molecule has 0 amide bonds. The van der Waals surface area contributed by atoms with E-state index >= 15 is 0 Å². The molecule has 2 aromatic heterocycles. The van der Waals surface area contributed by atoms with Gasteiger partial charge in [-0.1, -0.05) is 23.9 Å². The number of hydrogen-bond acceptors (Lipinski definition) is 4. The number of nitrogens with one attached hydrogen (secondary N) is 3. The van der Waals surface area contributed by atoms with E-state index < -0.39 is 11.2 Å². The normalized spacial score (nSPS) is 10.9. The number of rotatable bonds is 3. The van der Waals surface area contributed by atoms with E-state index in [2.05, 4.69) is 19.9 Å². The van der Waals surface area contributed by atoms with Crippen molar-refractivity contribution in [1.29, 1.82) is 0 Å². The van der Waals surface area contributed by atoms with Crippen molar-refractivity contribution >= 4 is 22.8 Å². The number of aromatic nitrogens is 4. The molecule has 1 aromatic carbocycles. The maximum atomic E-state index is 11.2. The Morgan fingerprint density at radius 3 is 2.74 bits per heavy atom. The summed E-state index contributed by atoms with van der Waals surface area (Å²) in [6.07, 6.45) is 0. The molecule has 0 unspecified atom stereocenters. The lowest BCUT2D eigenvalue weighted by Gasteiger charge is -1.97. The Kier molecular flexibility index (Phi) is 2.96. The summed E-state index contributed by atoms with van der Waals surface area (Å²) in [7, 11) is 0. The first-order valence-electron chi connectivity index (χ1n) is 5.61. The third kappa shape index (κ3) is 2.60. The first kappa shape index (κ1) is 11.8. The number of benzene rings is 1. The summed E-state index contributed by atoms with van der Waals surface area (Å²) in [6, 6.07) is 9.10. The van der Waals surface area contributed by atoms with E-state index in [1.807, 2.05) is 24.3 Å². The molecule has 19 heavy (non-hydrogen) atoms. The average Bonchev–Trinajstić information content (AvgIpc) is 2.78. The summed E-state index contributed by atoms with van der Waals surface area (Å²) in [6.45, 7) is 0. The quantitative estimate of drug-likeness (QED) is 0.626. The highest BCUT2D eigenvalue weighted by Gasteiger charge is 2.04. The first-order valence-corrected chi connectivity index (χ1v) is 6.59. The van der Waals surface area contributed by atoms with Crippen LogP contribution in [0.5, 0.6) is 0 Å². The van der Waals surface area contributed by atoms with Crippen LogP contribution in [0.4, 0.5) is 0 Å². The molecular formula is C12H10N4O2S. The molecule has 7 heteroatoms. The number of para-hydroxylation sites is 2. The van der Waals surface area contributed by atoms with Gasteiger partial charge in [0.2, 0.25) is 0 Å². The largest absolute Gasteiger partial charge is 0.333 e. The smallest absolute Gasteiger partial charge is 0.325 e. The van der Waals surface area contributed by atoms with Gasteiger partial charge in [0.05, 0.1) is 11.0 Å². The second-order valence-corrected chi connectivity index (χ2v) is 4.92. The maximum absolute atomic E-state index is 11.2. The van der Waals surface area contributed by atoms with Crippen LogP contribution in [-0.4, -0.2) is 19.9 Å². The van der Waals surface area contributed by atoms with Crippen molar-refractivity contribution in [3.8, 4) is 0 Å². The Morgan fingerprint density at radius 1 is 1.11 bits per heavy atom. The van der Waals surface area contributed by atoms with E-state index in [1.165, 1.54) is 17.8 Å². The minimum Gasteiger partial charge on any atom is -0.333 e. The monoisotopic (exact) mass is 274 g/mol. The number of hydrogen-bond donors (Lipinski definition) is 3. The second kappa shape index (κ2) is 4.77. The molecule has 0 radical (unpaired) electrons. The molecule has 96 valence electrons. The van der Waals surface area contributed by atoms with E-state index in [4.69, 9.17) is 0 Å². The Hall–Kier alpha value is -2.28. The molecule has 0 saturated heterocycles. The SMILES string of the molecule is O=c1cc(CSc2nc3ccccc3[nH]2)[nH]c(=O)[nH]1. The van der Waals surface area contributed by atoms with Gasteiger partial charge in [-0.05, 0) is 12.1 Å². The highest BCUT2D eigenvalue weighted by molar-refractivity contribution is 7.98. The van der Waals surface area contributed by atoms with Crippen molar-refractivity contribution in [2.24, 2.45) is 0 Å². The van der Waals surface area contributed by atoms with Crippen LogP contribution in [0.2, 0.25) is 0 Å². The third-order valence-corrected chi connectivity index (χ3v) is 3.47. The van der Waals surface area contributed by atoms with Gasteiger partial charge >= 0.3 is 5.69 Å². The highest BCUT2D eigenvalue weighted by atomic mass is 32.2. The zero-order valence-electron chi connectivity index (χ0n) is 9.77. The number of H-pyrrole nitrogens is 3. The van der Waals surface area contributed by atoms with Gasteiger partial charge in [-0.25, -0.2) is 9.78 Å². The van der Waals surface area contributed by atoms with Crippen molar-refractivity contribution in [1.82, 2.24) is 19.9 Å². The molecule has 0 aliphatic rings. The number of nitrogens with zero attached hydrogens (tertiary/aromatic N) is 1. The minimum atomic E-state index is -0.493. The third-order valence-electron chi connectivity index (χ3n) is 2.55. The van der Waals surface area contributed by atoms with Gasteiger partial charge < -0.3 is 9.97 Å². The topological polar surface area (TPSA) is 94.4 Å². The van der Waals surface area contributed by atoms with E-state index in [1.54, 1.807) is 0 Å². The molecule has 0 aliphatic carbocycles. The summed E-state index contributed by atoms with van der Waals surface area (Å²) in [5, 5.41) is 0.752. The summed E-state index contributed by atoms with van der Waals surface area (Å²) in [5.74, 6) is 0.471. The summed E-state index contributed by atoms with van der Waals surface area (Å²) in [4.78, 5) is 34.6. The molecule has 2 heterocycles. The number of thioether (sulfide) groups is 1. The first-order chi connectivity index (χ1) is 9.20. The molecule has 0 atom stereocenters. The number of imidazole rings is 1. The number of aromatic amines is 3. The zero-order valence-corrected chi connectivity index (χ0v) is 10.6. The van der Waals surface area contributed by atoms with Crippen LogP contribution in [0.25, 0.3) is 11.0 Å². The Labute approximate surface area is 111 Å². The van der Waals surface area contributed by atoms with Gasteiger partial charge in [0.15, 0.2) is 5.16 Å². The lowest BCUT2D eigenvalue weighted by atomic mass is 10.3. The lowest BCUT2D eigenvalue weighted by Crippen LogP contribution is -2.22. The van der Waals surface area contributed by atoms with Crippen molar-refractivity contribution < 1.29 is 0 Å². The maximum Gasteiger partial charge on any atom is 0.325 e. The fourth-order valence-electron chi connectivity index (χ4n) is 1.74.